The summed E-state index contributed by atoms with van der Waals surface area (Å²) in [5.41, 5.74) is 2.74. The zero-order chi connectivity index (χ0) is 25.7. The van der Waals surface area contributed by atoms with E-state index in [1.54, 1.807) is 67.6 Å². The van der Waals surface area contributed by atoms with Crippen molar-refractivity contribution in [3.05, 3.63) is 107 Å². The van der Waals surface area contributed by atoms with E-state index in [1.165, 1.54) is 4.90 Å². The number of carbonyl (C=O) groups is 4. The molecule has 184 valence electrons. The summed E-state index contributed by atoms with van der Waals surface area (Å²) in [6.45, 7) is 1.82. The van der Waals surface area contributed by atoms with Crippen molar-refractivity contribution in [1.29, 1.82) is 0 Å². The number of hydrogen-bond acceptors (Lipinski definition) is 6. The van der Waals surface area contributed by atoms with Crippen LogP contribution in [0.5, 0.6) is 0 Å². The summed E-state index contributed by atoms with van der Waals surface area (Å²) in [6.07, 6.45) is 0.209. The number of carbonyl (C=O) groups excluding carboxylic acids is 3. The van der Waals surface area contributed by atoms with Gasteiger partial charge in [-0.25, -0.2) is 4.79 Å². The normalized spacial score (nSPS) is 15.7. The standard InChI is InChI=1S/C28H25NO5S2/c1-18(24(30)29-17-22-15-9-8-14-21(22)16-23(29)25(31)32)28(35-26(33)19-10-4-2-5-11-19)36-27(34)20-12-6-3-7-13-20/h2-15,18,23,28H,16-17H2,1H3,(H,31,32). The quantitative estimate of drug-likeness (QED) is 0.433. The highest BCUT2D eigenvalue weighted by Crippen LogP contribution is 2.37. The van der Waals surface area contributed by atoms with Gasteiger partial charge in [0.15, 0.2) is 0 Å². The molecule has 36 heavy (non-hydrogen) atoms. The van der Waals surface area contributed by atoms with Crippen molar-refractivity contribution in [3.63, 3.8) is 0 Å². The van der Waals surface area contributed by atoms with Crippen LogP contribution in [0.3, 0.4) is 0 Å². The number of carboxylic acids is 1. The molecule has 3 aromatic rings. The molecule has 0 saturated heterocycles. The lowest BCUT2D eigenvalue weighted by molar-refractivity contribution is -0.152. The number of benzene rings is 3. The number of fused-ring (bicyclic) bond motifs is 1. The molecule has 0 saturated carbocycles. The molecule has 2 unspecified atom stereocenters. The largest absolute Gasteiger partial charge is 0.480 e. The Morgan fingerprint density at radius 1 is 0.778 bits per heavy atom. The second-order valence-corrected chi connectivity index (χ2v) is 11.0. The molecule has 4 rings (SSSR count). The molecule has 0 spiro atoms. The first-order valence-corrected chi connectivity index (χ1v) is 13.2. The minimum atomic E-state index is -1.08. The van der Waals surface area contributed by atoms with E-state index in [-0.39, 0.29) is 23.2 Å². The summed E-state index contributed by atoms with van der Waals surface area (Å²) in [4.78, 5) is 53.2. The van der Waals surface area contributed by atoms with Crippen LogP contribution in [-0.4, -0.2) is 42.7 Å². The Bertz CT molecular complexity index is 1210. The van der Waals surface area contributed by atoms with Crippen LogP contribution in [0, 0.1) is 5.92 Å². The lowest BCUT2D eigenvalue weighted by atomic mass is 9.93. The monoisotopic (exact) mass is 519 g/mol. The van der Waals surface area contributed by atoms with Gasteiger partial charge in [-0.2, -0.15) is 0 Å². The average Bonchev–Trinajstić information content (AvgIpc) is 2.91. The number of rotatable bonds is 7. The highest BCUT2D eigenvalue weighted by atomic mass is 32.2. The number of hydrogen-bond donors (Lipinski definition) is 1. The minimum Gasteiger partial charge on any atom is -0.480 e. The Kier molecular flexibility index (Phi) is 8.28. The second-order valence-electron chi connectivity index (χ2n) is 8.49. The van der Waals surface area contributed by atoms with Gasteiger partial charge in [-0.05, 0) is 11.1 Å². The molecule has 2 atom stereocenters. The predicted octanol–water partition coefficient (Wildman–Crippen LogP) is 5.13. The maximum absolute atomic E-state index is 13.7. The van der Waals surface area contributed by atoms with Gasteiger partial charge in [0, 0.05) is 24.1 Å². The van der Waals surface area contributed by atoms with Gasteiger partial charge in [0.05, 0.1) is 10.5 Å². The van der Waals surface area contributed by atoms with E-state index in [9.17, 15) is 24.3 Å². The Hall–Kier alpha value is -3.36. The van der Waals surface area contributed by atoms with E-state index in [0.29, 0.717) is 11.1 Å². The zero-order valence-electron chi connectivity index (χ0n) is 19.6. The summed E-state index contributed by atoms with van der Waals surface area (Å²) >= 11 is 1.85. The highest BCUT2D eigenvalue weighted by Gasteiger charge is 2.40. The van der Waals surface area contributed by atoms with E-state index in [4.69, 9.17) is 0 Å². The lowest BCUT2D eigenvalue weighted by Crippen LogP contribution is -2.51. The van der Waals surface area contributed by atoms with Crippen LogP contribution in [0.15, 0.2) is 84.9 Å². The van der Waals surface area contributed by atoms with Crippen molar-refractivity contribution in [2.24, 2.45) is 5.92 Å². The topological polar surface area (TPSA) is 91.8 Å². The molecule has 1 N–H and O–H groups in total. The molecule has 6 nitrogen and oxygen atoms in total. The van der Waals surface area contributed by atoms with Crippen LogP contribution in [0.1, 0.15) is 38.8 Å². The van der Waals surface area contributed by atoms with E-state index in [2.05, 4.69) is 0 Å². The fraction of sp³-hybridized carbons (Fsp3) is 0.214. The first kappa shape index (κ1) is 25.7. The van der Waals surface area contributed by atoms with Gasteiger partial charge < -0.3 is 10.0 Å². The van der Waals surface area contributed by atoms with Gasteiger partial charge in [0.1, 0.15) is 6.04 Å². The number of nitrogens with zero attached hydrogens (tertiary/aromatic N) is 1. The van der Waals surface area contributed by atoms with Crippen LogP contribution in [0.2, 0.25) is 0 Å². The third-order valence-corrected chi connectivity index (χ3v) is 8.84. The summed E-state index contributed by atoms with van der Waals surface area (Å²) in [7, 11) is 0. The van der Waals surface area contributed by atoms with Crippen LogP contribution in [-0.2, 0) is 22.6 Å². The SMILES string of the molecule is CC(C(=O)N1Cc2ccccc2CC1C(=O)O)C(SC(=O)c1ccccc1)SC(=O)c1ccccc1. The van der Waals surface area contributed by atoms with Crippen LogP contribution >= 0.6 is 23.5 Å². The van der Waals surface area contributed by atoms with Crippen molar-refractivity contribution in [2.75, 3.05) is 0 Å². The molecule has 1 aliphatic rings. The summed E-state index contributed by atoms with van der Waals surface area (Å²) in [6, 6.07) is 23.8. The van der Waals surface area contributed by atoms with E-state index < -0.39 is 28.4 Å². The summed E-state index contributed by atoms with van der Waals surface area (Å²) < 4.78 is -0.746. The first-order chi connectivity index (χ1) is 17.3. The maximum atomic E-state index is 13.7. The third kappa shape index (κ3) is 5.88. The molecular formula is C28H25NO5S2. The van der Waals surface area contributed by atoms with Gasteiger partial charge in [-0.1, -0.05) is 115 Å². The molecule has 1 aliphatic heterocycles. The van der Waals surface area contributed by atoms with E-state index in [0.717, 1.165) is 34.7 Å². The Labute approximate surface area is 218 Å². The number of carboxylic acid groups (broad SMARTS) is 1. The molecule has 8 heteroatoms. The molecule has 0 bridgehead atoms. The summed E-state index contributed by atoms with van der Waals surface area (Å²) in [5.74, 6) is -2.28. The summed E-state index contributed by atoms with van der Waals surface area (Å²) in [5, 5.41) is 9.37. The van der Waals surface area contributed by atoms with Crippen molar-refractivity contribution in [1.82, 2.24) is 4.90 Å². The molecule has 1 amide bonds. The van der Waals surface area contributed by atoms with Crippen molar-refractivity contribution >= 4 is 45.6 Å². The Morgan fingerprint density at radius 2 is 1.25 bits per heavy atom. The molecule has 1 heterocycles. The minimum absolute atomic E-state index is 0.164. The Morgan fingerprint density at radius 3 is 1.75 bits per heavy atom. The van der Waals surface area contributed by atoms with Gasteiger partial charge in [0.2, 0.25) is 16.1 Å². The van der Waals surface area contributed by atoms with Crippen molar-refractivity contribution < 1.29 is 24.3 Å². The van der Waals surface area contributed by atoms with Gasteiger partial charge in [0.25, 0.3) is 0 Å². The molecule has 3 aromatic carbocycles. The van der Waals surface area contributed by atoms with E-state index >= 15 is 0 Å². The average molecular weight is 520 g/mol. The second kappa shape index (κ2) is 11.6. The molecular weight excluding hydrogens is 494 g/mol. The lowest BCUT2D eigenvalue weighted by Gasteiger charge is -2.37. The number of aliphatic carboxylic acids is 1. The van der Waals surface area contributed by atoms with Gasteiger partial charge in [-0.3, -0.25) is 14.4 Å². The van der Waals surface area contributed by atoms with Crippen molar-refractivity contribution in [3.8, 4) is 0 Å². The third-order valence-electron chi connectivity index (χ3n) is 6.08. The zero-order valence-corrected chi connectivity index (χ0v) is 21.2. The molecule has 0 fully saturated rings. The van der Waals surface area contributed by atoms with Crippen LogP contribution in [0.4, 0.5) is 0 Å². The van der Waals surface area contributed by atoms with Crippen LogP contribution in [0.25, 0.3) is 0 Å². The molecule has 0 aromatic heterocycles. The highest BCUT2D eigenvalue weighted by molar-refractivity contribution is 8.30. The fourth-order valence-corrected chi connectivity index (χ4v) is 6.40. The number of amides is 1. The van der Waals surface area contributed by atoms with Crippen LogP contribution < -0.4 is 0 Å². The number of thioether (sulfide) groups is 2. The van der Waals surface area contributed by atoms with Gasteiger partial charge in [-0.15, -0.1) is 0 Å². The Balaban J connectivity index is 1.60. The fourth-order valence-electron chi connectivity index (χ4n) is 4.08. The maximum Gasteiger partial charge on any atom is 0.326 e. The smallest absolute Gasteiger partial charge is 0.326 e. The van der Waals surface area contributed by atoms with Crippen molar-refractivity contribution in [2.45, 2.75) is 30.5 Å². The van der Waals surface area contributed by atoms with Gasteiger partial charge >= 0.3 is 5.97 Å². The molecule has 0 radical (unpaired) electrons. The molecule has 0 aliphatic carbocycles. The van der Waals surface area contributed by atoms with E-state index in [1.807, 2.05) is 24.3 Å². The first-order valence-electron chi connectivity index (χ1n) is 11.5. The predicted molar refractivity (Wildman–Crippen MR) is 142 cm³/mol.